The lowest BCUT2D eigenvalue weighted by molar-refractivity contribution is -0.112. The first-order valence-corrected chi connectivity index (χ1v) is 7.83. The first-order chi connectivity index (χ1) is 12.6. The SMILES string of the molecule is COC(=O)c1ccc(NC(=O)C2=Cc3cc(OC)ccc3OC=C2)cc1. The fourth-order valence-electron chi connectivity index (χ4n) is 2.42. The largest absolute Gasteiger partial charge is 0.497 e. The van der Waals surface area contributed by atoms with Crippen LogP contribution in [0.5, 0.6) is 11.5 Å². The minimum absolute atomic E-state index is 0.300. The summed E-state index contributed by atoms with van der Waals surface area (Å²) >= 11 is 0. The Labute approximate surface area is 150 Å². The Kier molecular flexibility index (Phi) is 5.03. The van der Waals surface area contributed by atoms with Gasteiger partial charge in [-0.2, -0.15) is 0 Å². The summed E-state index contributed by atoms with van der Waals surface area (Å²) in [6.45, 7) is 0. The zero-order valence-corrected chi connectivity index (χ0v) is 14.3. The number of anilines is 1. The van der Waals surface area contributed by atoms with Crippen LogP contribution in [0.4, 0.5) is 5.69 Å². The normalized spacial score (nSPS) is 12.2. The number of esters is 1. The van der Waals surface area contributed by atoms with Gasteiger partial charge in [0.1, 0.15) is 11.5 Å². The monoisotopic (exact) mass is 351 g/mol. The zero-order chi connectivity index (χ0) is 18.5. The smallest absolute Gasteiger partial charge is 0.337 e. The Balaban J connectivity index is 1.80. The van der Waals surface area contributed by atoms with Crippen molar-refractivity contribution < 1.29 is 23.8 Å². The summed E-state index contributed by atoms with van der Waals surface area (Å²) in [4.78, 5) is 24.0. The molecule has 26 heavy (non-hydrogen) atoms. The van der Waals surface area contributed by atoms with Gasteiger partial charge >= 0.3 is 5.97 Å². The molecule has 0 unspecified atom stereocenters. The van der Waals surface area contributed by atoms with Crippen molar-refractivity contribution in [3.05, 3.63) is 71.5 Å². The van der Waals surface area contributed by atoms with E-state index >= 15 is 0 Å². The number of ether oxygens (including phenoxy) is 3. The van der Waals surface area contributed by atoms with Crippen LogP contribution in [0, 0.1) is 0 Å². The quantitative estimate of drug-likeness (QED) is 0.855. The number of fused-ring (bicyclic) bond motifs is 1. The van der Waals surface area contributed by atoms with Gasteiger partial charge in [0, 0.05) is 16.8 Å². The molecule has 0 fully saturated rings. The Morgan fingerprint density at radius 2 is 1.81 bits per heavy atom. The summed E-state index contributed by atoms with van der Waals surface area (Å²) in [5, 5.41) is 2.79. The summed E-state index contributed by atoms with van der Waals surface area (Å²) in [5.74, 6) is 0.572. The van der Waals surface area contributed by atoms with Crippen molar-refractivity contribution in [3.8, 4) is 11.5 Å². The summed E-state index contributed by atoms with van der Waals surface area (Å²) in [6, 6.07) is 11.8. The second-order valence-corrected chi connectivity index (χ2v) is 5.45. The number of carbonyl (C=O) groups excluding carboxylic acids is 2. The van der Waals surface area contributed by atoms with Crippen molar-refractivity contribution >= 4 is 23.6 Å². The van der Waals surface area contributed by atoms with Crippen LogP contribution < -0.4 is 14.8 Å². The third-order valence-electron chi connectivity index (χ3n) is 3.80. The van der Waals surface area contributed by atoms with Gasteiger partial charge in [-0.25, -0.2) is 4.79 Å². The van der Waals surface area contributed by atoms with Gasteiger partial charge in [-0.1, -0.05) is 0 Å². The van der Waals surface area contributed by atoms with Crippen molar-refractivity contribution in [1.82, 2.24) is 0 Å². The molecule has 0 aromatic heterocycles. The van der Waals surface area contributed by atoms with E-state index in [0.717, 1.165) is 5.56 Å². The summed E-state index contributed by atoms with van der Waals surface area (Å²) in [7, 11) is 2.89. The Morgan fingerprint density at radius 3 is 2.50 bits per heavy atom. The lowest BCUT2D eigenvalue weighted by Gasteiger charge is -2.07. The molecule has 0 radical (unpaired) electrons. The predicted octanol–water partition coefficient (Wildman–Crippen LogP) is 3.41. The number of methoxy groups -OCH3 is 2. The van der Waals surface area contributed by atoms with E-state index in [1.54, 1.807) is 61.7 Å². The molecule has 1 N–H and O–H groups in total. The third-order valence-corrected chi connectivity index (χ3v) is 3.80. The fourth-order valence-corrected chi connectivity index (χ4v) is 2.42. The average Bonchev–Trinajstić information content (AvgIpc) is 2.89. The molecule has 6 nitrogen and oxygen atoms in total. The number of amides is 1. The minimum Gasteiger partial charge on any atom is -0.497 e. The molecule has 0 saturated carbocycles. The molecule has 1 heterocycles. The highest BCUT2D eigenvalue weighted by atomic mass is 16.5. The van der Waals surface area contributed by atoms with Gasteiger partial charge in [0.2, 0.25) is 0 Å². The molecule has 2 aromatic rings. The van der Waals surface area contributed by atoms with Crippen LogP contribution in [-0.4, -0.2) is 26.1 Å². The van der Waals surface area contributed by atoms with Crippen LogP contribution in [0.25, 0.3) is 6.08 Å². The van der Waals surface area contributed by atoms with E-state index in [1.807, 2.05) is 0 Å². The molecular formula is C20H17NO5. The van der Waals surface area contributed by atoms with Crippen molar-refractivity contribution in [3.63, 3.8) is 0 Å². The Hall–Kier alpha value is -3.54. The van der Waals surface area contributed by atoms with Gasteiger partial charge < -0.3 is 19.5 Å². The molecule has 0 bridgehead atoms. The maximum atomic E-state index is 12.6. The van der Waals surface area contributed by atoms with Crippen LogP contribution in [-0.2, 0) is 9.53 Å². The molecule has 1 aliphatic rings. The molecule has 132 valence electrons. The van der Waals surface area contributed by atoms with Gasteiger partial charge in [-0.15, -0.1) is 0 Å². The van der Waals surface area contributed by atoms with Gasteiger partial charge in [-0.3, -0.25) is 4.79 Å². The molecule has 0 spiro atoms. The highest BCUT2D eigenvalue weighted by molar-refractivity contribution is 6.09. The number of carbonyl (C=O) groups is 2. The third kappa shape index (κ3) is 3.75. The molecule has 0 aliphatic carbocycles. The van der Waals surface area contributed by atoms with E-state index in [1.165, 1.54) is 13.4 Å². The standard InChI is InChI=1S/C20H17NO5/c1-24-17-7-8-18-15(12-17)11-14(9-10-26-18)19(22)21-16-5-3-13(4-6-16)20(23)25-2/h3-12H,1-2H3,(H,21,22). The van der Waals surface area contributed by atoms with Gasteiger partial charge in [0.05, 0.1) is 26.0 Å². The lowest BCUT2D eigenvalue weighted by atomic mass is 10.1. The second kappa shape index (κ2) is 7.57. The number of benzene rings is 2. The highest BCUT2D eigenvalue weighted by Gasteiger charge is 2.13. The minimum atomic E-state index is -0.431. The van der Waals surface area contributed by atoms with Crippen LogP contribution in [0.2, 0.25) is 0 Å². The molecule has 6 heteroatoms. The zero-order valence-electron chi connectivity index (χ0n) is 14.3. The molecule has 2 aromatic carbocycles. The molecule has 3 rings (SSSR count). The van der Waals surface area contributed by atoms with Crippen LogP contribution in [0.15, 0.2) is 60.4 Å². The topological polar surface area (TPSA) is 73.9 Å². The van der Waals surface area contributed by atoms with Gasteiger partial charge in [-0.05, 0) is 54.6 Å². The van der Waals surface area contributed by atoms with Gasteiger partial charge in [0.15, 0.2) is 0 Å². The van der Waals surface area contributed by atoms with E-state index in [0.29, 0.717) is 28.3 Å². The fraction of sp³-hybridized carbons (Fsp3) is 0.100. The number of hydrogen-bond acceptors (Lipinski definition) is 5. The van der Waals surface area contributed by atoms with E-state index in [9.17, 15) is 9.59 Å². The average molecular weight is 351 g/mol. The second-order valence-electron chi connectivity index (χ2n) is 5.45. The predicted molar refractivity (Wildman–Crippen MR) is 97.2 cm³/mol. The highest BCUT2D eigenvalue weighted by Crippen LogP contribution is 2.29. The van der Waals surface area contributed by atoms with Crippen LogP contribution in [0.3, 0.4) is 0 Å². The van der Waals surface area contributed by atoms with Crippen LogP contribution in [0.1, 0.15) is 15.9 Å². The number of rotatable bonds is 4. The molecule has 1 aliphatic heterocycles. The van der Waals surface area contributed by atoms with Crippen LogP contribution >= 0.6 is 0 Å². The number of nitrogens with one attached hydrogen (secondary N) is 1. The van der Waals surface area contributed by atoms with E-state index < -0.39 is 5.97 Å². The first-order valence-electron chi connectivity index (χ1n) is 7.83. The summed E-state index contributed by atoms with van der Waals surface area (Å²) in [5.41, 5.74) is 2.14. The van der Waals surface area contributed by atoms with Crippen molar-refractivity contribution in [2.75, 3.05) is 19.5 Å². The summed E-state index contributed by atoms with van der Waals surface area (Å²) < 4.78 is 15.4. The maximum Gasteiger partial charge on any atom is 0.337 e. The number of hydrogen-bond donors (Lipinski definition) is 1. The van der Waals surface area contributed by atoms with Crippen molar-refractivity contribution in [2.24, 2.45) is 0 Å². The van der Waals surface area contributed by atoms with E-state index in [-0.39, 0.29) is 5.91 Å². The Morgan fingerprint density at radius 1 is 1.04 bits per heavy atom. The molecule has 0 saturated heterocycles. The maximum absolute atomic E-state index is 12.6. The van der Waals surface area contributed by atoms with Crippen molar-refractivity contribution in [1.29, 1.82) is 0 Å². The lowest BCUT2D eigenvalue weighted by Crippen LogP contribution is -2.13. The molecule has 1 amide bonds. The van der Waals surface area contributed by atoms with Gasteiger partial charge in [0.25, 0.3) is 5.91 Å². The van der Waals surface area contributed by atoms with E-state index in [2.05, 4.69) is 10.1 Å². The van der Waals surface area contributed by atoms with E-state index in [4.69, 9.17) is 9.47 Å². The summed E-state index contributed by atoms with van der Waals surface area (Å²) in [6.07, 6.45) is 4.77. The molecule has 0 atom stereocenters. The first kappa shape index (κ1) is 17.3. The Bertz CT molecular complexity index is 897. The molecular weight excluding hydrogens is 334 g/mol. The van der Waals surface area contributed by atoms with Crippen molar-refractivity contribution in [2.45, 2.75) is 0 Å².